The maximum atomic E-state index is 2.44. The Morgan fingerprint density at radius 1 is 0.606 bits per heavy atom. The van der Waals surface area contributed by atoms with Crippen molar-refractivity contribution in [1.29, 1.82) is 0 Å². The van der Waals surface area contributed by atoms with Crippen LogP contribution in [0.2, 0.25) is 0 Å². The average molecular weight is 493 g/mol. The minimum atomic E-state index is 0. The van der Waals surface area contributed by atoms with Crippen LogP contribution in [0, 0.1) is 6.92 Å². The zero-order valence-corrected chi connectivity index (χ0v) is 20.2. The summed E-state index contributed by atoms with van der Waals surface area (Å²) in [5, 5.41) is 5.17. The normalized spacial score (nSPS) is 11.2. The summed E-state index contributed by atoms with van der Waals surface area (Å²) in [6.07, 6.45) is 0. The van der Waals surface area contributed by atoms with Gasteiger partial charge in [0.2, 0.25) is 0 Å². The SMILES string of the molecule is Cc1n(Cc2ccc3ccccc3c2)c2ccccc2[n+]1Cc1ccc2ccccc2c1.[Br-]. The topological polar surface area (TPSA) is 8.81 Å². The third-order valence-electron chi connectivity index (χ3n) is 6.55. The van der Waals surface area contributed by atoms with E-state index in [4.69, 9.17) is 0 Å². The van der Waals surface area contributed by atoms with Crippen LogP contribution in [0.15, 0.2) is 109 Å². The van der Waals surface area contributed by atoms with Crippen LogP contribution in [0.3, 0.4) is 0 Å². The molecule has 0 bridgehead atoms. The van der Waals surface area contributed by atoms with Gasteiger partial charge in [-0.05, 0) is 56.9 Å². The van der Waals surface area contributed by atoms with Crippen molar-refractivity contribution in [1.82, 2.24) is 4.57 Å². The molecule has 6 rings (SSSR count). The molecule has 0 fully saturated rings. The highest BCUT2D eigenvalue weighted by Crippen LogP contribution is 2.21. The molecule has 1 aromatic heterocycles. The first-order valence-electron chi connectivity index (χ1n) is 11.2. The average Bonchev–Trinajstić information content (AvgIpc) is 3.10. The predicted octanol–water partition coefficient (Wildman–Crippen LogP) is 3.64. The second kappa shape index (κ2) is 8.84. The van der Waals surface area contributed by atoms with E-state index in [2.05, 4.69) is 125 Å². The summed E-state index contributed by atoms with van der Waals surface area (Å²) in [5.41, 5.74) is 5.20. The van der Waals surface area contributed by atoms with Gasteiger partial charge in [0.1, 0.15) is 13.1 Å². The number of hydrogen-bond acceptors (Lipinski definition) is 0. The number of aromatic nitrogens is 2. The maximum absolute atomic E-state index is 2.44. The standard InChI is InChI=1S/C30H25N2.BrH/c1-22-31(20-23-14-16-25-8-2-4-10-27(25)18-23)29-12-6-7-13-30(29)32(22)21-24-15-17-26-9-3-5-11-28(26)19-24;/h2-19H,20-21H2,1H3;1H/q+1;/p-1. The van der Waals surface area contributed by atoms with Crippen LogP contribution in [-0.4, -0.2) is 4.57 Å². The Morgan fingerprint density at radius 2 is 1.15 bits per heavy atom. The maximum Gasteiger partial charge on any atom is 0.254 e. The predicted molar refractivity (Wildman–Crippen MR) is 133 cm³/mol. The molecular formula is C30H25BrN2. The lowest BCUT2D eigenvalue weighted by Gasteiger charge is -2.05. The highest BCUT2D eigenvalue weighted by Gasteiger charge is 2.21. The Kier molecular flexibility index (Phi) is 5.74. The van der Waals surface area contributed by atoms with Crippen molar-refractivity contribution >= 4 is 32.6 Å². The van der Waals surface area contributed by atoms with Crippen molar-refractivity contribution in [2.75, 3.05) is 0 Å². The molecule has 0 spiro atoms. The molecule has 2 nitrogen and oxygen atoms in total. The van der Waals surface area contributed by atoms with E-state index >= 15 is 0 Å². The zero-order valence-electron chi connectivity index (χ0n) is 18.6. The monoisotopic (exact) mass is 492 g/mol. The smallest absolute Gasteiger partial charge is 0.254 e. The third-order valence-corrected chi connectivity index (χ3v) is 6.55. The van der Waals surface area contributed by atoms with Gasteiger partial charge in [0, 0.05) is 6.92 Å². The van der Waals surface area contributed by atoms with Gasteiger partial charge in [-0.1, -0.05) is 84.9 Å². The van der Waals surface area contributed by atoms with Gasteiger partial charge in [-0.3, -0.25) is 0 Å². The Morgan fingerprint density at radius 3 is 1.85 bits per heavy atom. The van der Waals surface area contributed by atoms with Crippen molar-refractivity contribution in [3.63, 3.8) is 0 Å². The summed E-state index contributed by atoms with van der Waals surface area (Å²) in [6.45, 7) is 3.96. The van der Waals surface area contributed by atoms with Crippen LogP contribution in [0.1, 0.15) is 17.0 Å². The quantitative estimate of drug-likeness (QED) is 0.332. The Labute approximate surface area is 204 Å². The molecule has 3 heteroatoms. The number of nitrogens with zero attached hydrogens (tertiary/aromatic N) is 2. The fourth-order valence-electron chi connectivity index (χ4n) is 4.85. The van der Waals surface area contributed by atoms with Gasteiger partial charge >= 0.3 is 0 Å². The van der Waals surface area contributed by atoms with Crippen molar-refractivity contribution in [3.05, 3.63) is 126 Å². The summed E-state index contributed by atoms with van der Waals surface area (Å²) in [4.78, 5) is 0. The van der Waals surface area contributed by atoms with Crippen molar-refractivity contribution in [2.45, 2.75) is 20.0 Å². The van der Waals surface area contributed by atoms with E-state index in [0.29, 0.717) is 0 Å². The number of fused-ring (bicyclic) bond motifs is 3. The van der Waals surface area contributed by atoms with Crippen LogP contribution in [0.25, 0.3) is 32.6 Å². The number of hydrogen-bond donors (Lipinski definition) is 0. The molecular weight excluding hydrogens is 468 g/mol. The number of imidazole rings is 1. The lowest BCUT2D eigenvalue weighted by molar-refractivity contribution is -0.669. The molecule has 0 radical (unpaired) electrons. The molecule has 0 N–H and O–H groups in total. The van der Waals surface area contributed by atoms with Gasteiger partial charge < -0.3 is 17.0 Å². The van der Waals surface area contributed by atoms with Crippen molar-refractivity contribution in [3.8, 4) is 0 Å². The first-order chi connectivity index (χ1) is 15.8. The zero-order chi connectivity index (χ0) is 21.5. The lowest BCUT2D eigenvalue weighted by atomic mass is 10.1. The van der Waals surface area contributed by atoms with Gasteiger partial charge in [0.15, 0.2) is 11.0 Å². The van der Waals surface area contributed by atoms with Crippen LogP contribution >= 0.6 is 0 Å². The van der Waals surface area contributed by atoms with E-state index < -0.39 is 0 Å². The largest absolute Gasteiger partial charge is 1.00 e. The number of para-hydroxylation sites is 2. The number of halogens is 1. The highest BCUT2D eigenvalue weighted by molar-refractivity contribution is 5.84. The fourth-order valence-corrected chi connectivity index (χ4v) is 4.85. The molecule has 33 heavy (non-hydrogen) atoms. The van der Waals surface area contributed by atoms with Crippen molar-refractivity contribution < 1.29 is 21.5 Å². The first kappa shape index (κ1) is 21.4. The van der Waals surface area contributed by atoms with Gasteiger partial charge in [-0.15, -0.1) is 0 Å². The Balaban J connectivity index is 0.00000228. The first-order valence-corrected chi connectivity index (χ1v) is 11.2. The molecule has 0 aliphatic heterocycles. The summed E-state index contributed by atoms with van der Waals surface area (Å²) in [5.74, 6) is 1.27. The second-order valence-corrected chi connectivity index (χ2v) is 8.57. The molecule has 0 saturated carbocycles. The van der Waals surface area contributed by atoms with Crippen LogP contribution in [0.5, 0.6) is 0 Å². The lowest BCUT2D eigenvalue weighted by Crippen LogP contribution is -3.00. The van der Waals surface area contributed by atoms with Gasteiger partial charge in [0.25, 0.3) is 5.82 Å². The second-order valence-electron chi connectivity index (χ2n) is 8.57. The summed E-state index contributed by atoms with van der Waals surface area (Å²) < 4.78 is 4.89. The van der Waals surface area contributed by atoms with E-state index in [1.165, 1.54) is 49.5 Å². The minimum Gasteiger partial charge on any atom is -1.00 e. The van der Waals surface area contributed by atoms with Gasteiger partial charge in [0.05, 0.1) is 0 Å². The van der Waals surface area contributed by atoms with Crippen LogP contribution in [0.4, 0.5) is 0 Å². The molecule has 162 valence electrons. The molecule has 0 unspecified atom stereocenters. The molecule has 0 amide bonds. The van der Waals surface area contributed by atoms with E-state index in [9.17, 15) is 0 Å². The molecule has 0 saturated heterocycles. The summed E-state index contributed by atoms with van der Waals surface area (Å²) in [6, 6.07) is 39.5. The third kappa shape index (κ3) is 3.94. The Hall–Kier alpha value is -3.43. The number of benzene rings is 5. The van der Waals surface area contributed by atoms with E-state index in [1.807, 2.05) is 0 Å². The van der Waals surface area contributed by atoms with Gasteiger partial charge in [-0.25, -0.2) is 9.13 Å². The van der Waals surface area contributed by atoms with E-state index in [1.54, 1.807) is 0 Å². The number of rotatable bonds is 4. The molecule has 6 aromatic rings. The van der Waals surface area contributed by atoms with E-state index in [-0.39, 0.29) is 17.0 Å². The van der Waals surface area contributed by atoms with Crippen LogP contribution in [-0.2, 0) is 13.1 Å². The fraction of sp³-hybridized carbons (Fsp3) is 0.100. The van der Waals surface area contributed by atoms with Crippen LogP contribution < -0.4 is 21.5 Å². The van der Waals surface area contributed by atoms with E-state index in [0.717, 1.165) is 13.1 Å². The van der Waals surface area contributed by atoms with Gasteiger partial charge in [-0.2, -0.15) is 0 Å². The molecule has 5 aromatic carbocycles. The minimum absolute atomic E-state index is 0. The highest BCUT2D eigenvalue weighted by atomic mass is 79.9. The molecule has 0 atom stereocenters. The Bertz CT molecular complexity index is 1480. The molecule has 1 heterocycles. The molecule has 0 aliphatic carbocycles. The van der Waals surface area contributed by atoms with Crippen molar-refractivity contribution in [2.24, 2.45) is 0 Å². The summed E-state index contributed by atoms with van der Waals surface area (Å²) in [7, 11) is 0. The summed E-state index contributed by atoms with van der Waals surface area (Å²) >= 11 is 0. The molecule has 0 aliphatic rings.